The molecule has 1 aliphatic heterocycles. The van der Waals surface area contributed by atoms with E-state index in [1.54, 1.807) is 22.6 Å². The molecule has 1 N–H and O–H groups in total. The van der Waals surface area contributed by atoms with E-state index in [9.17, 15) is 32.9 Å². The van der Waals surface area contributed by atoms with Crippen molar-refractivity contribution in [3.05, 3.63) is 37.6 Å². The fourth-order valence-corrected chi connectivity index (χ4v) is 2.56. The van der Waals surface area contributed by atoms with Crippen molar-refractivity contribution < 1.29 is 41.9 Å². The van der Waals surface area contributed by atoms with Crippen molar-refractivity contribution in [3.8, 4) is 5.75 Å². The zero-order valence-electron chi connectivity index (χ0n) is 13.5. The van der Waals surface area contributed by atoms with Gasteiger partial charge in [0.2, 0.25) is 0 Å². The molecule has 0 unspecified atom stereocenters. The number of anilines is 1. The maximum absolute atomic E-state index is 12.6. The van der Waals surface area contributed by atoms with Crippen LogP contribution in [0.5, 0.6) is 5.75 Å². The van der Waals surface area contributed by atoms with E-state index in [0.717, 1.165) is 12.1 Å². The van der Waals surface area contributed by atoms with Crippen LogP contribution in [0.15, 0.2) is 23.9 Å². The third-order valence-electron chi connectivity index (χ3n) is 2.95. The second-order valence-electron chi connectivity index (χ2n) is 5.48. The van der Waals surface area contributed by atoms with Crippen LogP contribution < -0.4 is 10.1 Å². The molecule has 0 atom stereocenters. The second kappa shape index (κ2) is 7.21. The van der Waals surface area contributed by atoms with Gasteiger partial charge in [0.05, 0.1) is 4.92 Å². The van der Waals surface area contributed by atoms with Crippen molar-refractivity contribution >= 4 is 45.9 Å². The van der Waals surface area contributed by atoms with Gasteiger partial charge in [0.25, 0.3) is 11.5 Å². The summed E-state index contributed by atoms with van der Waals surface area (Å²) in [5.41, 5.74) is -2.17. The zero-order chi connectivity index (χ0) is 20.6. The monoisotopic (exact) mass is 502 g/mol. The largest absolute Gasteiger partial charge is 0.573 e. The van der Waals surface area contributed by atoms with Crippen molar-refractivity contribution in [1.29, 1.82) is 0 Å². The minimum atomic E-state index is -5.13. The molecule has 13 heteroatoms. The summed E-state index contributed by atoms with van der Waals surface area (Å²) < 4.78 is 51.3. The van der Waals surface area contributed by atoms with Crippen molar-refractivity contribution in [3.63, 3.8) is 0 Å². The molecule has 0 radical (unpaired) electrons. The molecule has 0 aliphatic carbocycles. The lowest BCUT2D eigenvalue weighted by Gasteiger charge is -2.29. The molecule has 1 heterocycles. The van der Waals surface area contributed by atoms with Crippen LogP contribution in [-0.4, -0.2) is 29.0 Å². The summed E-state index contributed by atoms with van der Waals surface area (Å²) in [6.07, 6.45) is -4.48. The number of rotatable bonds is 4. The molecule has 0 saturated carbocycles. The van der Waals surface area contributed by atoms with E-state index < -0.39 is 51.7 Å². The van der Waals surface area contributed by atoms with Gasteiger partial charge in [-0.15, -0.1) is 13.2 Å². The Balaban J connectivity index is 2.47. The number of nitrogens with zero attached hydrogens (tertiary/aromatic N) is 1. The first kappa shape index (κ1) is 20.7. The lowest BCUT2D eigenvalue weighted by atomic mass is 10.2. The van der Waals surface area contributed by atoms with Crippen LogP contribution in [-0.2, 0) is 19.1 Å². The van der Waals surface area contributed by atoms with Crippen LogP contribution in [0, 0.1) is 13.7 Å². The third kappa shape index (κ3) is 5.21. The van der Waals surface area contributed by atoms with Crippen molar-refractivity contribution in [1.82, 2.24) is 0 Å². The highest BCUT2D eigenvalue weighted by molar-refractivity contribution is 14.1. The summed E-state index contributed by atoms with van der Waals surface area (Å²) in [5, 5.41) is 13.3. The highest BCUT2D eigenvalue weighted by Gasteiger charge is 2.39. The molecule has 1 fully saturated rings. The summed E-state index contributed by atoms with van der Waals surface area (Å²) >= 11 is 1.57. The minimum Gasteiger partial charge on any atom is -0.419 e. The molecule has 0 spiro atoms. The number of alkyl halides is 3. The second-order valence-corrected chi connectivity index (χ2v) is 6.73. The molecule has 1 aromatic carbocycles. The zero-order valence-corrected chi connectivity index (χ0v) is 15.7. The van der Waals surface area contributed by atoms with Crippen molar-refractivity contribution in [2.45, 2.75) is 26.0 Å². The van der Waals surface area contributed by atoms with E-state index in [2.05, 4.69) is 10.1 Å². The molecule has 1 saturated heterocycles. The van der Waals surface area contributed by atoms with Gasteiger partial charge in [-0.25, -0.2) is 9.59 Å². The van der Waals surface area contributed by atoms with Crippen LogP contribution in [0.2, 0.25) is 0 Å². The molecule has 2 rings (SSSR count). The maximum Gasteiger partial charge on any atom is 0.573 e. The smallest absolute Gasteiger partial charge is 0.419 e. The third-order valence-corrected chi connectivity index (χ3v) is 3.57. The fraction of sp³-hybridized carbons (Fsp3) is 0.286. The number of esters is 2. The average Bonchev–Trinajstić information content (AvgIpc) is 2.44. The quantitative estimate of drug-likeness (QED) is 0.167. The first-order valence-electron chi connectivity index (χ1n) is 6.96. The summed E-state index contributed by atoms with van der Waals surface area (Å²) in [5.74, 6) is -4.67. The summed E-state index contributed by atoms with van der Waals surface area (Å²) in [6, 6.07) is 1.87. The molecule has 9 nitrogen and oxygen atoms in total. The molecular formula is C14H10F3IN2O7. The molecule has 0 aromatic heterocycles. The Morgan fingerprint density at radius 3 is 2.30 bits per heavy atom. The Morgan fingerprint density at radius 1 is 1.26 bits per heavy atom. The van der Waals surface area contributed by atoms with Crippen LogP contribution in [0.4, 0.5) is 24.5 Å². The highest BCUT2D eigenvalue weighted by atomic mass is 127. The molecule has 0 amide bonds. The standard InChI is InChI=1S/C14H10F3IN2O7/c1-13(2)26-11(21)7(12(22)27-13)5-19-10-8(20(23)24)3-6(18)4-9(10)25-14(15,16)17/h3-5,19H,1-2H3. The number of cyclic esters (lactones) is 2. The number of hydrogen-bond donors (Lipinski definition) is 1. The molecule has 27 heavy (non-hydrogen) atoms. The van der Waals surface area contributed by atoms with Gasteiger partial charge in [-0.2, -0.15) is 0 Å². The number of nitro groups is 1. The van der Waals surface area contributed by atoms with Gasteiger partial charge >= 0.3 is 18.3 Å². The van der Waals surface area contributed by atoms with Crippen LogP contribution in [0.1, 0.15) is 13.8 Å². The van der Waals surface area contributed by atoms with Crippen LogP contribution in [0.25, 0.3) is 0 Å². The molecule has 146 valence electrons. The lowest BCUT2D eigenvalue weighted by Crippen LogP contribution is -2.42. The first-order chi connectivity index (χ1) is 12.3. The SMILES string of the molecule is CC1(C)OC(=O)C(=CNc2c(OC(F)(F)F)cc(I)cc2[N+](=O)[O-])C(=O)O1. The van der Waals surface area contributed by atoms with E-state index in [4.69, 9.17) is 9.47 Å². The predicted molar refractivity (Wildman–Crippen MR) is 90.5 cm³/mol. The van der Waals surface area contributed by atoms with E-state index >= 15 is 0 Å². The van der Waals surface area contributed by atoms with Gasteiger partial charge in [-0.1, -0.05) is 0 Å². The Kier molecular flexibility index (Phi) is 5.53. The number of nitro benzene ring substituents is 1. The number of nitrogens with one attached hydrogen (secondary N) is 1. The topological polar surface area (TPSA) is 117 Å². The number of ether oxygens (including phenoxy) is 3. The van der Waals surface area contributed by atoms with Gasteiger partial charge in [-0.3, -0.25) is 10.1 Å². The van der Waals surface area contributed by atoms with Gasteiger partial charge in [0, 0.05) is 29.7 Å². The van der Waals surface area contributed by atoms with Crippen LogP contribution >= 0.6 is 22.6 Å². The maximum atomic E-state index is 12.6. The van der Waals surface area contributed by atoms with Crippen LogP contribution in [0.3, 0.4) is 0 Å². The Hall–Kier alpha value is -2.58. The van der Waals surface area contributed by atoms with E-state index in [1.165, 1.54) is 13.8 Å². The Labute approximate surface area is 162 Å². The van der Waals surface area contributed by atoms with E-state index in [-0.39, 0.29) is 3.57 Å². The normalized spacial score (nSPS) is 16.3. The summed E-state index contributed by atoms with van der Waals surface area (Å²) in [7, 11) is 0. The van der Waals surface area contributed by atoms with Gasteiger partial charge in [0.15, 0.2) is 17.0 Å². The minimum absolute atomic E-state index is 0.0926. The Bertz CT molecular complexity index is 830. The van der Waals surface area contributed by atoms with E-state index in [1.807, 2.05) is 0 Å². The fourth-order valence-electron chi connectivity index (χ4n) is 1.99. The Morgan fingerprint density at radius 2 is 1.81 bits per heavy atom. The average molecular weight is 502 g/mol. The first-order valence-corrected chi connectivity index (χ1v) is 8.04. The number of halogens is 4. The van der Waals surface area contributed by atoms with Gasteiger partial charge < -0.3 is 19.5 Å². The summed E-state index contributed by atoms with van der Waals surface area (Å²) in [6.45, 7) is 2.60. The van der Waals surface area contributed by atoms with Crippen molar-refractivity contribution in [2.75, 3.05) is 5.32 Å². The highest BCUT2D eigenvalue weighted by Crippen LogP contribution is 2.39. The van der Waals surface area contributed by atoms with E-state index in [0.29, 0.717) is 6.20 Å². The molecule has 1 aliphatic rings. The van der Waals surface area contributed by atoms with Gasteiger partial charge in [0.1, 0.15) is 0 Å². The van der Waals surface area contributed by atoms with Crippen molar-refractivity contribution in [2.24, 2.45) is 0 Å². The summed E-state index contributed by atoms with van der Waals surface area (Å²) in [4.78, 5) is 33.9. The molecule has 0 bridgehead atoms. The number of carbonyl (C=O) groups excluding carboxylic acids is 2. The number of hydrogen-bond acceptors (Lipinski definition) is 8. The van der Waals surface area contributed by atoms with Gasteiger partial charge in [-0.05, 0) is 28.7 Å². The predicted octanol–water partition coefficient (Wildman–Crippen LogP) is 3.23. The number of carbonyl (C=O) groups is 2. The molecular weight excluding hydrogens is 492 g/mol. The lowest BCUT2D eigenvalue weighted by molar-refractivity contribution is -0.384. The molecule has 1 aromatic rings. The number of benzene rings is 1.